The molecular formula is C13H22O2. The Kier molecular flexibility index (Phi) is 4.37. The van der Waals surface area contributed by atoms with E-state index < -0.39 is 5.97 Å². The molecule has 15 heavy (non-hydrogen) atoms. The molecule has 0 aromatic heterocycles. The summed E-state index contributed by atoms with van der Waals surface area (Å²) in [4.78, 5) is 10.7. The third-order valence-corrected chi connectivity index (χ3v) is 2.89. The van der Waals surface area contributed by atoms with E-state index in [4.69, 9.17) is 5.11 Å². The molecule has 0 amide bonds. The second-order valence-electron chi connectivity index (χ2n) is 5.30. The van der Waals surface area contributed by atoms with E-state index >= 15 is 0 Å². The molecule has 1 N–H and O–H groups in total. The van der Waals surface area contributed by atoms with E-state index in [1.807, 2.05) is 0 Å². The second kappa shape index (κ2) is 5.34. The van der Waals surface area contributed by atoms with Crippen molar-refractivity contribution in [2.45, 2.75) is 40.0 Å². The molecule has 1 saturated carbocycles. The molecule has 2 heteroatoms. The van der Waals surface area contributed by atoms with E-state index in [-0.39, 0.29) is 5.92 Å². The van der Waals surface area contributed by atoms with Gasteiger partial charge < -0.3 is 5.11 Å². The van der Waals surface area contributed by atoms with E-state index in [1.54, 1.807) is 0 Å². The Morgan fingerprint density at radius 2 is 1.87 bits per heavy atom. The molecule has 86 valence electrons. The molecule has 2 nitrogen and oxygen atoms in total. The highest BCUT2D eigenvalue weighted by atomic mass is 16.4. The highest BCUT2D eigenvalue weighted by molar-refractivity contribution is 5.71. The van der Waals surface area contributed by atoms with Gasteiger partial charge in [-0.15, -0.1) is 0 Å². The molecule has 0 radical (unpaired) electrons. The van der Waals surface area contributed by atoms with Crippen molar-refractivity contribution < 1.29 is 9.90 Å². The fourth-order valence-electron chi connectivity index (χ4n) is 2.22. The monoisotopic (exact) mass is 210 g/mol. The van der Waals surface area contributed by atoms with Gasteiger partial charge in [0.2, 0.25) is 0 Å². The predicted molar refractivity (Wildman–Crippen MR) is 61.6 cm³/mol. The van der Waals surface area contributed by atoms with Gasteiger partial charge in [-0.3, -0.25) is 4.79 Å². The van der Waals surface area contributed by atoms with Crippen LogP contribution in [0.25, 0.3) is 0 Å². The fraction of sp³-hybridized carbons (Fsp3) is 0.769. The van der Waals surface area contributed by atoms with Crippen molar-refractivity contribution in [3.05, 3.63) is 12.2 Å². The Morgan fingerprint density at radius 3 is 2.07 bits per heavy atom. The minimum absolute atomic E-state index is 0.0845. The van der Waals surface area contributed by atoms with Crippen LogP contribution in [0, 0.1) is 23.7 Å². The number of aliphatic carboxylic acids is 1. The Bertz CT molecular complexity index is 240. The van der Waals surface area contributed by atoms with Crippen molar-refractivity contribution in [2.75, 3.05) is 0 Å². The van der Waals surface area contributed by atoms with Gasteiger partial charge in [0.15, 0.2) is 0 Å². The molecule has 3 unspecified atom stereocenters. The van der Waals surface area contributed by atoms with Crippen molar-refractivity contribution in [3.63, 3.8) is 0 Å². The molecule has 3 aliphatic rings. The fourth-order valence-corrected chi connectivity index (χ4v) is 2.22. The topological polar surface area (TPSA) is 37.3 Å². The van der Waals surface area contributed by atoms with E-state index in [1.165, 1.54) is 6.42 Å². The average Bonchev–Trinajstić information content (AvgIpc) is 2.18. The minimum Gasteiger partial charge on any atom is -0.481 e. The molecule has 3 aliphatic carbocycles. The number of carbonyl (C=O) groups is 1. The van der Waals surface area contributed by atoms with Gasteiger partial charge in [-0.1, -0.05) is 32.9 Å². The molecule has 0 aromatic carbocycles. The Balaban J connectivity index is 0.000000245. The highest BCUT2D eigenvalue weighted by Crippen LogP contribution is 2.40. The maximum Gasteiger partial charge on any atom is 0.307 e. The molecule has 0 aliphatic heterocycles. The number of fused-ring (bicyclic) bond motifs is 2. The smallest absolute Gasteiger partial charge is 0.307 e. The maximum atomic E-state index is 10.7. The number of hydrogen-bond donors (Lipinski definition) is 1. The minimum atomic E-state index is -0.607. The summed E-state index contributed by atoms with van der Waals surface area (Å²) in [5.74, 6) is 1.03. The Hall–Kier alpha value is -0.790. The van der Waals surface area contributed by atoms with Crippen LogP contribution in [-0.2, 0) is 4.79 Å². The first-order chi connectivity index (χ1) is 7.00. The lowest BCUT2D eigenvalue weighted by Crippen LogP contribution is -2.32. The first kappa shape index (κ1) is 12.3. The van der Waals surface area contributed by atoms with Gasteiger partial charge in [0.1, 0.15) is 0 Å². The zero-order valence-electron chi connectivity index (χ0n) is 9.94. The van der Waals surface area contributed by atoms with Gasteiger partial charge in [-0.25, -0.2) is 0 Å². The van der Waals surface area contributed by atoms with Crippen LogP contribution in [0.2, 0.25) is 0 Å². The number of carboxylic acids is 1. The van der Waals surface area contributed by atoms with Gasteiger partial charge in [0.25, 0.3) is 0 Å². The molecule has 3 rings (SSSR count). The van der Waals surface area contributed by atoms with E-state index in [9.17, 15) is 4.79 Å². The van der Waals surface area contributed by atoms with Gasteiger partial charge >= 0.3 is 5.97 Å². The first-order valence-corrected chi connectivity index (χ1v) is 5.91. The lowest BCUT2D eigenvalue weighted by molar-refractivity contribution is -0.144. The van der Waals surface area contributed by atoms with Crippen LogP contribution in [-0.4, -0.2) is 11.1 Å². The Morgan fingerprint density at radius 1 is 1.27 bits per heavy atom. The van der Waals surface area contributed by atoms with Crippen LogP contribution >= 0.6 is 0 Å². The van der Waals surface area contributed by atoms with Crippen molar-refractivity contribution in [3.8, 4) is 0 Å². The summed E-state index contributed by atoms with van der Waals surface area (Å²) < 4.78 is 0. The summed E-state index contributed by atoms with van der Waals surface area (Å²) >= 11 is 0. The van der Waals surface area contributed by atoms with Crippen LogP contribution in [0.15, 0.2) is 12.2 Å². The average molecular weight is 210 g/mol. The molecule has 0 spiro atoms. The van der Waals surface area contributed by atoms with Crippen LogP contribution in [0.4, 0.5) is 0 Å². The molecule has 1 fully saturated rings. The first-order valence-electron chi connectivity index (χ1n) is 5.91. The number of rotatable bonds is 1. The maximum absolute atomic E-state index is 10.7. The number of hydrogen-bond acceptors (Lipinski definition) is 1. The summed E-state index contributed by atoms with van der Waals surface area (Å²) in [6.45, 7) is 6.50. The van der Waals surface area contributed by atoms with Gasteiger partial charge in [0, 0.05) is 0 Å². The van der Waals surface area contributed by atoms with Gasteiger partial charge in [-0.05, 0) is 37.0 Å². The van der Waals surface area contributed by atoms with Crippen LogP contribution < -0.4 is 0 Å². The number of carboxylic acid groups (broad SMARTS) is 1. The third kappa shape index (κ3) is 3.69. The van der Waals surface area contributed by atoms with Gasteiger partial charge in [0.05, 0.1) is 5.92 Å². The van der Waals surface area contributed by atoms with Crippen LogP contribution in [0.1, 0.15) is 40.0 Å². The molecule has 0 heterocycles. The summed E-state index contributed by atoms with van der Waals surface area (Å²) in [5.41, 5.74) is 0. The SMILES string of the molecule is CC(C)C.O=C(O)C1CC2C=CC1CC2. The molecule has 0 aromatic rings. The second-order valence-corrected chi connectivity index (χ2v) is 5.30. The molecular weight excluding hydrogens is 188 g/mol. The summed E-state index contributed by atoms with van der Waals surface area (Å²) in [5, 5.41) is 8.83. The molecule has 2 bridgehead atoms. The summed E-state index contributed by atoms with van der Waals surface area (Å²) in [7, 11) is 0. The summed E-state index contributed by atoms with van der Waals surface area (Å²) in [6, 6.07) is 0. The van der Waals surface area contributed by atoms with E-state index in [0.29, 0.717) is 11.8 Å². The van der Waals surface area contributed by atoms with E-state index in [2.05, 4.69) is 32.9 Å². The highest BCUT2D eigenvalue weighted by Gasteiger charge is 2.35. The standard InChI is InChI=1S/C9H12O2.C4H10/c10-9(11)8-5-6-1-3-7(8)4-2-6;1-4(2)3/h1,3,6-8H,2,4-5H2,(H,10,11);4H,1-3H3. The van der Waals surface area contributed by atoms with Gasteiger partial charge in [-0.2, -0.15) is 0 Å². The zero-order valence-corrected chi connectivity index (χ0v) is 9.94. The lowest BCUT2D eigenvalue weighted by Gasteiger charge is -2.35. The molecule has 0 saturated heterocycles. The Labute approximate surface area is 92.4 Å². The van der Waals surface area contributed by atoms with Crippen molar-refractivity contribution in [1.29, 1.82) is 0 Å². The quantitative estimate of drug-likeness (QED) is 0.674. The summed E-state index contributed by atoms with van der Waals surface area (Å²) in [6.07, 6.45) is 7.43. The normalized spacial score (nSPS) is 32.4. The van der Waals surface area contributed by atoms with E-state index in [0.717, 1.165) is 18.8 Å². The van der Waals surface area contributed by atoms with Crippen LogP contribution in [0.3, 0.4) is 0 Å². The van der Waals surface area contributed by atoms with Crippen molar-refractivity contribution in [2.24, 2.45) is 23.7 Å². The third-order valence-electron chi connectivity index (χ3n) is 2.89. The molecule has 3 atom stereocenters. The van der Waals surface area contributed by atoms with Crippen LogP contribution in [0.5, 0.6) is 0 Å². The van der Waals surface area contributed by atoms with Crippen molar-refractivity contribution >= 4 is 5.97 Å². The zero-order chi connectivity index (χ0) is 11.4. The van der Waals surface area contributed by atoms with Crippen molar-refractivity contribution in [1.82, 2.24) is 0 Å². The largest absolute Gasteiger partial charge is 0.481 e. The number of allylic oxidation sites excluding steroid dienone is 2. The predicted octanol–water partition coefficient (Wildman–Crippen LogP) is 3.34. The lowest BCUT2D eigenvalue weighted by atomic mass is 9.69.